The lowest BCUT2D eigenvalue weighted by atomic mass is 10.0. The number of carboxylic acid groups (broad SMARTS) is 1. The number of carboxylic acids is 1. The molecule has 2 N–H and O–H groups in total. The molecular formula is C18H18N2O4S. The van der Waals surface area contributed by atoms with Crippen LogP contribution < -0.4 is 5.32 Å². The molecule has 2 aromatic rings. The Bertz CT molecular complexity index is 788. The molecule has 0 saturated carbocycles. The fourth-order valence-corrected chi connectivity index (χ4v) is 3.55. The molecule has 1 aromatic carbocycles. The topological polar surface area (TPSA) is 86.7 Å². The van der Waals surface area contributed by atoms with Crippen molar-refractivity contribution >= 4 is 34.8 Å². The van der Waals surface area contributed by atoms with E-state index in [0.717, 1.165) is 12.8 Å². The minimum atomic E-state index is -0.977. The number of nitrogens with zero attached hydrogens (tertiary/aromatic N) is 1. The number of carbonyl (C=O) groups is 3. The summed E-state index contributed by atoms with van der Waals surface area (Å²) < 4.78 is 0. The molecule has 1 aliphatic rings. The largest absolute Gasteiger partial charge is 0.480 e. The standard InChI is InChI=1S/C18H18N2O4S/c21-16(15-8-4-10-25-15)19-13-6-3-5-12(11-13)17(22)20-9-2-1-7-14(20)18(23)24/h3-6,8,10-11,14H,1-2,7,9H2,(H,19,21)(H,23,24). The summed E-state index contributed by atoms with van der Waals surface area (Å²) in [7, 11) is 0. The van der Waals surface area contributed by atoms with Crippen molar-refractivity contribution in [2.75, 3.05) is 11.9 Å². The minimum absolute atomic E-state index is 0.235. The fraction of sp³-hybridized carbons (Fsp3) is 0.278. The smallest absolute Gasteiger partial charge is 0.326 e. The molecule has 0 spiro atoms. The fourth-order valence-electron chi connectivity index (χ4n) is 2.93. The number of piperidine rings is 1. The van der Waals surface area contributed by atoms with Gasteiger partial charge in [0.15, 0.2) is 0 Å². The lowest BCUT2D eigenvalue weighted by molar-refractivity contribution is -0.143. The van der Waals surface area contributed by atoms with E-state index in [4.69, 9.17) is 0 Å². The van der Waals surface area contributed by atoms with Crippen LogP contribution in [0, 0.1) is 0 Å². The molecule has 1 fully saturated rings. The number of likely N-dealkylation sites (tertiary alicyclic amines) is 1. The van der Waals surface area contributed by atoms with Gasteiger partial charge in [-0.2, -0.15) is 0 Å². The van der Waals surface area contributed by atoms with Gasteiger partial charge in [0.1, 0.15) is 6.04 Å². The summed E-state index contributed by atoms with van der Waals surface area (Å²) in [6.45, 7) is 0.432. The van der Waals surface area contributed by atoms with E-state index in [2.05, 4.69) is 5.32 Å². The van der Waals surface area contributed by atoms with Gasteiger partial charge in [-0.15, -0.1) is 11.3 Å². The molecule has 1 aromatic heterocycles. The Kier molecular flexibility index (Phi) is 5.14. The minimum Gasteiger partial charge on any atom is -0.480 e. The van der Waals surface area contributed by atoms with Crippen LogP contribution in [0.3, 0.4) is 0 Å². The Labute approximate surface area is 149 Å². The zero-order valence-corrected chi connectivity index (χ0v) is 14.3. The van der Waals surface area contributed by atoms with Crippen molar-refractivity contribution in [3.8, 4) is 0 Å². The van der Waals surface area contributed by atoms with E-state index < -0.39 is 12.0 Å². The molecule has 2 heterocycles. The molecule has 2 amide bonds. The summed E-state index contributed by atoms with van der Waals surface area (Å²) >= 11 is 1.33. The predicted molar refractivity (Wildman–Crippen MR) is 95.0 cm³/mol. The highest BCUT2D eigenvalue weighted by Crippen LogP contribution is 2.22. The first-order valence-corrected chi connectivity index (χ1v) is 8.93. The molecule has 1 atom stereocenters. The summed E-state index contributed by atoms with van der Waals surface area (Å²) in [6.07, 6.45) is 2.07. The molecule has 1 aliphatic heterocycles. The van der Waals surface area contributed by atoms with Crippen molar-refractivity contribution < 1.29 is 19.5 Å². The number of amides is 2. The normalized spacial score (nSPS) is 17.1. The van der Waals surface area contributed by atoms with Crippen molar-refractivity contribution in [1.29, 1.82) is 0 Å². The van der Waals surface area contributed by atoms with Crippen molar-refractivity contribution in [1.82, 2.24) is 4.90 Å². The van der Waals surface area contributed by atoms with E-state index in [0.29, 0.717) is 29.1 Å². The molecule has 130 valence electrons. The summed E-state index contributed by atoms with van der Waals surface area (Å²) in [6, 6.07) is 9.33. The van der Waals surface area contributed by atoms with E-state index in [1.54, 1.807) is 36.4 Å². The number of hydrogen-bond donors (Lipinski definition) is 2. The van der Waals surface area contributed by atoms with Crippen LogP contribution in [0.15, 0.2) is 41.8 Å². The Morgan fingerprint density at radius 2 is 2.00 bits per heavy atom. The van der Waals surface area contributed by atoms with Gasteiger partial charge in [-0.3, -0.25) is 9.59 Å². The van der Waals surface area contributed by atoms with Crippen molar-refractivity contribution in [2.45, 2.75) is 25.3 Å². The predicted octanol–water partition coefficient (Wildman–Crippen LogP) is 3.08. The maximum atomic E-state index is 12.7. The second kappa shape index (κ2) is 7.48. The Morgan fingerprint density at radius 3 is 2.72 bits per heavy atom. The molecule has 0 aliphatic carbocycles. The third-order valence-electron chi connectivity index (χ3n) is 4.16. The van der Waals surface area contributed by atoms with Crippen LogP contribution in [0.4, 0.5) is 5.69 Å². The summed E-state index contributed by atoms with van der Waals surface area (Å²) in [5, 5.41) is 13.9. The van der Waals surface area contributed by atoms with E-state index >= 15 is 0 Å². The quantitative estimate of drug-likeness (QED) is 0.879. The van der Waals surface area contributed by atoms with Gasteiger partial charge >= 0.3 is 5.97 Å². The molecule has 0 radical (unpaired) electrons. The number of rotatable bonds is 4. The van der Waals surface area contributed by atoms with Crippen molar-refractivity contribution in [3.63, 3.8) is 0 Å². The van der Waals surface area contributed by atoms with Crippen molar-refractivity contribution in [3.05, 3.63) is 52.2 Å². The van der Waals surface area contributed by atoms with E-state index in [1.165, 1.54) is 16.2 Å². The number of carbonyl (C=O) groups excluding carboxylic acids is 2. The lowest BCUT2D eigenvalue weighted by Crippen LogP contribution is -2.48. The second-order valence-electron chi connectivity index (χ2n) is 5.86. The Morgan fingerprint density at radius 1 is 1.16 bits per heavy atom. The Hall–Kier alpha value is -2.67. The maximum absolute atomic E-state index is 12.7. The Balaban J connectivity index is 1.77. The summed E-state index contributed by atoms with van der Waals surface area (Å²) in [4.78, 5) is 38.2. The highest BCUT2D eigenvalue weighted by atomic mass is 32.1. The van der Waals surface area contributed by atoms with Gasteiger partial charge < -0.3 is 15.3 Å². The number of nitrogens with one attached hydrogen (secondary N) is 1. The van der Waals surface area contributed by atoms with E-state index in [9.17, 15) is 19.5 Å². The van der Waals surface area contributed by atoms with Crippen molar-refractivity contribution in [2.24, 2.45) is 0 Å². The van der Waals surface area contributed by atoms with Crippen LogP contribution in [0.5, 0.6) is 0 Å². The first kappa shape index (κ1) is 17.2. The van der Waals surface area contributed by atoms with Gasteiger partial charge in [-0.1, -0.05) is 12.1 Å². The number of benzene rings is 1. The third kappa shape index (κ3) is 3.88. The van der Waals surface area contributed by atoms with Gasteiger partial charge in [0, 0.05) is 17.8 Å². The molecule has 3 rings (SSSR count). The van der Waals surface area contributed by atoms with Crippen LogP contribution in [-0.2, 0) is 4.79 Å². The average Bonchev–Trinajstić information content (AvgIpc) is 3.16. The van der Waals surface area contributed by atoms with Crippen LogP contribution in [0.1, 0.15) is 39.3 Å². The molecule has 6 nitrogen and oxygen atoms in total. The molecule has 7 heteroatoms. The molecule has 1 saturated heterocycles. The number of hydrogen-bond acceptors (Lipinski definition) is 4. The van der Waals surface area contributed by atoms with Gasteiger partial charge in [0.05, 0.1) is 4.88 Å². The highest BCUT2D eigenvalue weighted by molar-refractivity contribution is 7.12. The second-order valence-corrected chi connectivity index (χ2v) is 6.81. The number of thiophene rings is 1. The summed E-state index contributed by atoms with van der Waals surface area (Å²) in [5.74, 6) is -1.53. The SMILES string of the molecule is O=C(Nc1cccc(C(=O)N2CCCCC2C(=O)O)c1)c1cccs1. The maximum Gasteiger partial charge on any atom is 0.326 e. The molecule has 25 heavy (non-hydrogen) atoms. The van der Waals surface area contributed by atoms with Gasteiger partial charge in [-0.25, -0.2) is 4.79 Å². The van der Waals surface area contributed by atoms with Gasteiger partial charge in [0.25, 0.3) is 11.8 Å². The zero-order chi connectivity index (χ0) is 17.8. The highest BCUT2D eigenvalue weighted by Gasteiger charge is 2.32. The molecular weight excluding hydrogens is 340 g/mol. The van der Waals surface area contributed by atoms with Crippen LogP contribution >= 0.6 is 11.3 Å². The monoisotopic (exact) mass is 358 g/mol. The van der Waals surface area contributed by atoms with Gasteiger partial charge in [0.2, 0.25) is 0 Å². The lowest BCUT2D eigenvalue weighted by Gasteiger charge is -2.33. The molecule has 0 bridgehead atoms. The van der Waals surface area contributed by atoms with Crippen LogP contribution in [0.2, 0.25) is 0 Å². The first-order chi connectivity index (χ1) is 12.1. The number of anilines is 1. The van der Waals surface area contributed by atoms with Gasteiger partial charge in [-0.05, 0) is 48.9 Å². The average molecular weight is 358 g/mol. The van der Waals surface area contributed by atoms with Crippen LogP contribution in [0.25, 0.3) is 0 Å². The first-order valence-electron chi connectivity index (χ1n) is 8.05. The number of aliphatic carboxylic acids is 1. The third-order valence-corrected chi connectivity index (χ3v) is 5.03. The summed E-state index contributed by atoms with van der Waals surface area (Å²) in [5.41, 5.74) is 0.880. The zero-order valence-electron chi connectivity index (χ0n) is 13.5. The molecule has 1 unspecified atom stereocenters. The van der Waals surface area contributed by atoms with Crippen LogP contribution in [-0.4, -0.2) is 40.4 Å². The van der Waals surface area contributed by atoms with E-state index in [-0.39, 0.29) is 11.8 Å². The van der Waals surface area contributed by atoms with E-state index in [1.807, 2.05) is 5.38 Å².